The number of hydrogen-bond acceptors (Lipinski definition) is 3. The van der Waals surface area contributed by atoms with E-state index >= 15 is 0 Å². The second kappa shape index (κ2) is 2.56. The fraction of sp³-hybridized carbons (Fsp3) is 0.333. The molecule has 1 heterocycles. The summed E-state index contributed by atoms with van der Waals surface area (Å²) in [5.41, 5.74) is 0. The molecule has 0 unspecified atom stereocenters. The summed E-state index contributed by atoms with van der Waals surface area (Å²) in [5, 5.41) is 0. The zero-order valence-corrected chi connectivity index (χ0v) is 6.80. The van der Waals surface area contributed by atoms with Crippen LogP contribution in [-0.4, -0.2) is 27.0 Å². The summed E-state index contributed by atoms with van der Waals surface area (Å²) in [6.45, 7) is 0. The van der Waals surface area contributed by atoms with Gasteiger partial charge in [0.1, 0.15) is 6.33 Å². The van der Waals surface area contributed by atoms with Gasteiger partial charge in [0.25, 0.3) is 0 Å². The predicted molar refractivity (Wildman–Crippen MR) is 42.4 cm³/mol. The second-order valence-corrected chi connectivity index (χ2v) is 5.36. The van der Waals surface area contributed by atoms with Crippen LogP contribution in [0.3, 0.4) is 0 Å². The van der Waals surface area contributed by atoms with Crippen LogP contribution in [0, 0.1) is 0 Å². The Morgan fingerprint density at radius 2 is 1.80 bits per heavy atom. The van der Waals surface area contributed by atoms with Gasteiger partial charge < -0.3 is 4.55 Å². The van der Waals surface area contributed by atoms with E-state index in [0.29, 0.717) is 0 Å². The van der Waals surface area contributed by atoms with Crippen molar-refractivity contribution in [2.24, 2.45) is 0 Å². The Balaban J connectivity index is 2.97. The van der Waals surface area contributed by atoms with E-state index in [4.69, 9.17) is 0 Å². The molecule has 0 fully saturated rings. The minimum atomic E-state index is -1.63. The minimum Gasteiger partial charge on any atom is -0.348 e. The van der Waals surface area contributed by atoms with Crippen LogP contribution in [0.4, 0.5) is 0 Å². The first-order valence-corrected chi connectivity index (χ1v) is 5.22. The highest BCUT2D eigenvalue weighted by Gasteiger charge is 2.08. The summed E-state index contributed by atoms with van der Waals surface area (Å²) in [7, 11) is -1.63. The van der Waals surface area contributed by atoms with Crippen LogP contribution in [-0.2, 0) is 0 Å². The highest BCUT2D eigenvalue weighted by Crippen LogP contribution is 2.43. The number of hydrogen-bond donors (Lipinski definition) is 1. The van der Waals surface area contributed by atoms with Gasteiger partial charge in [0.05, 0.1) is 0 Å². The van der Waals surface area contributed by atoms with Gasteiger partial charge in [-0.25, -0.2) is 9.97 Å². The van der Waals surface area contributed by atoms with E-state index in [1.54, 1.807) is 24.9 Å². The summed E-state index contributed by atoms with van der Waals surface area (Å²) in [5.74, 6) is 0. The van der Waals surface area contributed by atoms with Crippen molar-refractivity contribution in [2.45, 2.75) is 4.90 Å². The lowest BCUT2D eigenvalue weighted by Crippen LogP contribution is -1.94. The second-order valence-electron chi connectivity index (χ2n) is 2.35. The molecule has 0 aliphatic carbocycles. The molecule has 1 N–H and O–H groups in total. The Morgan fingerprint density at radius 3 is 2.10 bits per heavy atom. The topological polar surface area (TPSA) is 46.0 Å². The molecule has 0 atom stereocenters. The lowest BCUT2D eigenvalue weighted by atomic mass is 10.7. The number of nitrogens with zero attached hydrogens (tertiary/aromatic N) is 2. The summed E-state index contributed by atoms with van der Waals surface area (Å²) in [6, 6.07) is 0. The van der Waals surface area contributed by atoms with Gasteiger partial charge in [-0.2, -0.15) is 0 Å². The largest absolute Gasteiger partial charge is 0.348 e. The van der Waals surface area contributed by atoms with Gasteiger partial charge in [-0.15, -0.1) is 10.3 Å². The molecule has 0 aromatic carbocycles. The molecule has 0 saturated heterocycles. The predicted octanol–water partition coefficient (Wildman–Crippen LogP) is 1.37. The normalized spacial score (nSPS) is 13.1. The van der Waals surface area contributed by atoms with Crippen molar-refractivity contribution >= 4 is 10.3 Å². The molecule has 1 rings (SSSR count). The molecule has 10 heavy (non-hydrogen) atoms. The van der Waals surface area contributed by atoms with Crippen molar-refractivity contribution in [2.75, 3.05) is 12.5 Å². The van der Waals surface area contributed by atoms with E-state index in [-0.39, 0.29) is 0 Å². The average Bonchev–Trinajstić information content (AvgIpc) is 1.88. The fourth-order valence-electron chi connectivity index (χ4n) is 0.543. The first-order valence-electron chi connectivity index (χ1n) is 2.81. The summed E-state index contributed by atoms with van der Waals surface area (Å²) in [6.07, 6.45) is 8.30. The van der Waals surface area contributed by atoms with Crippen LogP contribution in [0.5, 0.6) is 0 Å². The molecular formula is C6H10N2OS. The van der Waals surface area contributed by atoms with Crippen molar-refractivity contribution in [1.82, 2.24) is 9.97 Å². The van der Waals surface area contributed by atoms with Crippen molar-refractivity contribution < 1.29 is 4.55 Å². The summed E-state index contributed by atoms with van der Waals surface area (Å²) >= 11 is 0. The van der Waals surface area contributed by atoms with Crippen molar-refractivity contribution in [1.29, 1.82) is 0 Å². The van der Waals surface area contributed by atoms with Crippen LogP contribution >= 0.6 is 10.3 Å². The lowest BCUT2D eigenvalue weighted by molar-refractivity contribution is 0.636. The van der Waals surface area contributed by atoms with Crippen LogP contribution in [0.2, 0.25) is 0 Å². The van der Waals surface area contributed by atoms with Gasteiger partial charge in [0.2, 0.25) is 0 Å². The van der Waals surface area contributed by atoms with Crippen LogP contribution < -0.4 is 0 Å². The third-order valence-electron chi connectivity index (χ3n) is 1.11. The van der Waals surface area contributed by atoms with E-state index in [1.807, 2.05) is 0 Å². The molecule has 4 heteroatoms. The smallest absolute Gasteiger partial charge is 0.115 e. The Bertz CT molecular complexity index is 207. The van der Waals surface area contributed by atoms with E-state index < -0.39 is 10.3 Å². The maximum Gasteiger partial charge on any atom is 0.115 e. The minimum absolute atomic E-state index is 0.815. The standard InChI is InChI=1S/C6H10N2OS/c1-10(2,9)6-3-7-5-8-4-6/h3-5,9H,1-2H3. The zero-order valence-electron chi connectivity index (χ0n) is 5.98. The Hall–Kier alpha value is -0.610. The van der Waals surface area contributed by atoms with E-state index in [2.05, 4.69) is 9.97 Å². The van der Waals surface area contributed by atoms with Gasteiger partial charge in [-0.05, 0) is 12.5 Å². The molecule has 0 aliphatic rings. The number of aromatic nitrogens is 2. The third kappa shape index (κ3) is 1.68. The number of rotatable bonds is 1. The maximum absolute atomic E-state index is 9.49. The van der Waals surface area contributed by atoms with Gasteiger partial charge >= 0.3 is 0 Å². The van der Waals surface area contributed by atoms with Crippen LogP contribution in [0.15, 0.2) is 23.6 Å². The van der Waals surface area contributed by atoms with Gasteiger partial charge in [0.15, 0.2) is 0 Å². The highest BCUT2D eigenvalue weighted by atomic mass is 32.3. The molecular weight excluding hydrogens is 148 g/mol. The molecule has 0 aliphatic heterocycles. The Labute approximate surface area is 61.7 Å². The van der Waals surface area contributed by atoms with Crippen LogP contribution in [0.1, 0.15) is 0 Å². The molecule has 0 saturated carbocycles. The molecule has 0 amide bonds. The van der Waals surface area contributed by atoms with E-state index in [9.17, 15) is 4.55 Å². The Kier molecular flexibility index (Phi) is 1.92. The monoisotopic (exact) mass is 158 g/mol. The summed E-state index contributed by atoms with van der Waals surface area (Å²) < 4.78 is 9.49. The molecule has 0 spiro atoms. The third-order valence-corrected chi connectivity index (χ3v) is 2.48. The molecule has 1 aromatic rings. The molecule has 1 aromatic heterocycles. The van der Waals surface area contributed by atoms with Gasteiger partial charge in [-0.3, -0.25) is 0 Å². The molecule has 56 valence electrons. The fourth-order valence-corrected chi connectivity index (χ4v) is 1.18. The zero-order chi connectivity index (χ0) is 7.61. The quantitative estimate of drug-likeness (QED) is 0.671. The highest BCUT2D eigenvalue weighted by molar-refractivity contribution is 8.28. The SMILES string of the molecule is CS(C)(O)c1cncnc1. The van der Waals surface area contributed by atoms with E-state index in [0.717, 1.165) is 4.90 Å². The van der Waals surface area contributed by atoms with Crippen molar-refractivity contribution in [3.63, 3.8) is 0 Å². The van der Waals surface area contributed by atoms with Gasteiger partial charge in [0, 0.05) is 17.3 Å². The molecule has 3 nitrogen and oxygen atoms in total. The molecule has 0 radical (unpaired) electrons. The van der Waals surface area contributed by atoms with Crippen LogP contribution in [0.25, 0.3) is 0 Å². The summed E-state index contributed by atoms with van der Waals surface area (Å²) in [4.78, 5) is 8.42. The first-order chi connectivity index (χ1) is 4.61. The van der Waals surface area contributed by atoms with Crippen molar-refractivity contribution in [3.8, 4) is 0 Å². The van der Waals surface area contributed by atoms with Crippen molar-refractivity contribution in [3.05, 3.63) is 18.7 Å². The lowest BCUT2D eigenvalue weighted by Gasteiger charge is -2.21. The average molecular weight is 158 g/mol. The maximum atomic E-state index is 9.49. The van der Waals surface area contributed by atoms with E-state index in [1.165, 1.54) is 6.33 Å². The Morgan fingerprint density at radius 1 is 1.30 bits per heavy atom. The van der Waals surface area contributed by atoms with Gasteiger partial charge in [-0.1, -0.05) is 0 Å². The first kappa shape index (κ1) is 7.50. The molecule has 0 bridgehead atoms.